The Balaban J connectivity index is 0.754. The number of amides is 5. The number of piperidine rings is 2. The molecule has 5 saturated heterocycles. The average Bonchev–Trinajstić information content (AvgIpc) is 3.92. The molecule has 3 aromatic rings. The van der Waals surface area contributed by atoms with E-state index in [4.69, 9.17) is 18.2 Å². The Kier molecular flexibility index (Phi) is 9.88. The van der Waals surface area contributed by atoms with E-state index in [2.05, 4.69) is 48.8 Å². The van der Waals surface area contributed by atoms with E-state index in [0.29, 0.717) is 28.9 Å². The molecular formula is C44H47ClN8O5. The zero-order valence-corrected chi connectivity index (χ0v) is 33.4. The van der Waals surface area contributed by atoms with Gasteiger partial charge in [0.05, 0.1) is 17.7 Å². The van der Waals surface area contributed by atoms with Crippen LogP contribution in [0, 0.1) is 12.0 Å². The largest absolute Gasteiger partial charge is 0.371 e. The molecule has 6 aliphatic heterocycles. The zero-order chi connectivity index (χ0) is 40.3. The van der Waals surface area contributed by atoms with Crippen LogP contribution >= 0.6 is 11.6 Å². The number of piperazine rings is 1. The Morgan fingerprint density at radius 2 is 1.50 bits per heavy atom. The minimum Gasteiger partial charge on any atom is -0.371 e. The van der Waals surface area contributed by atoms with Crippen molar-refractivity contribution < 1.29 is 24.0 Å². The maximum Gasteiger partial charge on any atom is 0.262 e. The SMILES string of the molecule is [C-]#[N+]c1ccc(N2CC3(CCN(c4ccc(C(=O)N5CC[C@H](N6CCN(c7ccc8c(c7)C(=O)N(C7CCC(=O)NC7=O)C8=O)CC6)C5)cc4)CC3)C[C@@H]2C)cc1Cl. The first-order valence-electron chi connectivity index (χ1n) is 20.4. The van der Waals surface area contributed by atoms with Crippen LogP contribution in [0.4, 0.5) is 22.7 Å². The maximum absolute atomic E-state index is 13.7. The Morgan fingerprint density at radius 1 is 0.810 bits per heavy atom. The van der Waals surface area contributed by atoms with E-state index in [1.807, 2.05) is 41.3 Å². The number of benzene rings is 3. The normalized spacial score (nSPS) is 24.8. The highest BCUT2D eigenvalue weighted by Crippen LogP contribution is 2.46. The number of likely N-dealkylation sites (tertiary alicyclic amines) is 1. The predicted molar refractivity (Wildman–Crippen MR) is 221 cm³/mol. The number of nitrogens with zero attached hydrogens (tertiary/aromatic N) is 7. The summed E-state index contributed by atoms with van der Waals surface area (Å²) in [7, 11) is 0. The molecule has 0 aromatic heterocycles. The fraction of sp³-hybridized carbons (Fsp3) is 0.455. The number of carbonyl (C=O) groups excluding carboxylic acids is 5. The number of nitrogens with one attached hydrogen (secondary N) is 1. The van der Waals surface area contributed by atoms with E-state index >= 15 is 0 Å². The number of anilines is 3. The van der Waals surface area contributed by atoms with Crippen molar-refractivity contribution >= 4 is 63.9 Å². The molecule has 13 nitrogen and oxygen atoms in total. The second kappa shape index (κ2) is 15.1. The molecule has 58 heavy (non-hydrogen) atoms. The molecule has 1 N–H and O–H groups in total. The van der Waals surface area contributed by atoms with Crippen molar-refractivity contribution in [1.82, 2.24) is 20.0 Å². The van der Waals surface area contributed by atoms with Gasteiger partial charge in [-0.2, -0.15) is 0 Å². The monoisotopic (exact) mass is 802 g/mol. The molecule has 5 fully saturated rings. The van der Waals surface area contributed by atoms with Crippen LogP contribution in [0.3, 0.4) is 0 Å². The van der Waals surface area contributed by atoms with Crippen LogP contribution in [0.1, 0.15) is 76.5 Å². The molecule has 3 atom stereocenters. The second-order valence-electron chi connectivity index (χ2n) is 16.9. The lowest BCUT2D eigenvalue weighted by Gasteiger charge is -2.40. The quantitative estimate of drug-likeness (QED) is 0.265. The standard InChI is InChI=1S/C44H47ClN8O5/c1-28-25-44(27-52(28)32-8-10-37(46-2)36(45)24-32)14-17-48(18-15-44)30-5-3-29(4-6-30)41(56)51-16-13-33(26-51)50-21-19-49(20-22-50)31-7-9-34-35(23-31)43(58)53(42(34)57)38-11-12-39(54)47-40(38)55/h3-10,23-24,28,33,38H,11-22,25-27H2,1H3,(H,47,54,55)/t28-,33-,38?/m0/s1. The van der Waals surface area contributed by atoms with Gasteiger partial charge < -0.3 is 19.6 Å². The topological polar surface area (TPSA) is 121 Å². The fourth-order valence-electron chi connectivity index (χ4n) is 10.3. The van der Waals surface area contributed by atoms with Crippen LogP contribution in [0.2, 0.25) is 5.02 Å². The molecular weight excluding hydrogens is 756 g/mol. The summed E-state index contributed by atoms with van der Waals surface area (Å²) >= 11 is 6.39. The van der Waals surface area contributed by atoms with Crippen LogP contribution in [-0.2, 0) is 9.59 Å². The van der Waals surface area contributed by atoms with Gasteiger partial charge in [-0.05, 0) is 99.0 Å². The van der Waals surface area contributed by atoms with Crippen molar-refractivity contribution in [3.8, 4) is 0 Å². The average molecular weight is 803 g/mol. The number of fused-ring (bicyclic) bond motifs is 1. The van der Waals surface area contributed by atoms with Gasteiger partial charge in [0.2, 0.25) is 17.5 Å². The van der Waals surface area contributed by atoms with Crippen molar-refractivity contribution in [1.29, 1.82) is 0 Å². The minimum atomic E-state index is -0.985. The molecule has 300 valence electrons. The zero-order valence-electron chi connectivity index (χ0n) is 32.7. The third-order valence-electron chi connectivity index (χ3n) is 13.5. The first kappa shape index (κ1) is 38.1. The van der Waals surface area contributed by atoms with Crippen LogP contribution < -0.4 is 20.0 Å². The highest BCUT2D eigenvalue weighted by atomic mass is 35.5. The Morgan fingerprint density at radius 3 is 2.21 bits per heavy atom. The number of carbonyl (C=O) groups is 5. The van der Waals surface area contributed by atoms with E-state index in [-0.39, 0.29) is 41.3 Å². The molecule has 14 heteroatoms. The lowest BCUT2D eigenvalue weighted by atomic mass is 9.76. The third-order valence-corrected chi connectivity index (χ3v) is 13.8. The lowest BCUT2D eigenvalue weighted by Crippen LogP contribution is -2.54. The van der Waals surface area contributed by atoms with Gasteiger partial charge in [-0.15, -0.1) is 0 Å². The summed E-state index contributed by atoms with van der Waals surface area (Å²) in [6, 6.07) is 18.9. The minimum absolute atomic E-state index is 0.0681. The fourth-order valence-corrected chi connectivity index (χ4v) is 10.5. The van der Waals surface area contributed by atoms with Gasteiger partial charge in [-0.3, -0.25) is 39.1 Å². The van der Waals surface area contributed by atoms with Gasteiger partial charge >= 0.3 is 0 Å². The number of imide groups is 2. The summed E-state index contributed by atoms with van der Waals surface area (Å²) < 4.78 is 0. The van der Waals surface area contributed by atoms with E-state index in [1.165, 1.54) is 0 Å². The Bertz CT molecular complexity index is 2220. The molecule has 0 radical (unpaired) electrons. The van der Waals surface area contributed by atoms with E-state index in [0.717, 1.165) is 100 Å². The molecule has 6 aliphatic rings. The van der Waals surface area contributed by atoms with Crippen LogP contribution in [-0.4, -0.2) is 121 Å². The van der Waals surface area contributed by atoms with Gasteiger partial charge in [0.1, 0.15) is 6.04 Å². The number of hydrogen-bond donors (Lipinski definition) is 1. The number of hydrogen-bond acceptors (Lipinski definition) is 9. The van der Waals surface area contributed by atoms with E-state index < -0.39 is 29.7 Å². The van der Waals surface area contributed by atoms with Crippen molar-refractivity contribution in [2.45, 2.75) is 63.6 Å². The molecule has 9 rings (SSSR count). The predicted octanol–water partition coefficient (Wildman–Crippen LogP) is 5.21. The molecule has 6 heterocycles. The van der Waals surface area contributed by atoms with E-state index in [1.54, 1.807) is 12.1 Å². The molecule has 0 saturated carbocycles. The highest BCUT2D eigenvalue weighted by Gasteiger charge is 2.46. The van der Waals surface area contributed by atoms with Gasteiger partial charge in [0.25, 0.3) is 17.7 Å². The maximum atomic E-state index is 13.7. The number of rotatable bonds is 6. The van der Waals surface area contributed by atoms with Crippen LogP contribution in [0.25, 0.3) is 4.85 Å². The smallest absolute Gasteiger partial charge is 0.262 e. The molecule has 1 unspecified atom stereocenters. The molecule has 3 aromatic carbocycles. The van der Waals surface area contributed by atoms with Crippen molar-refractivity contribution in [2.75, 3.05) is 73.6 Å². The van der Waals surface area contributed by atoms with Crippen LogP contribution in [0.5, 0.6) is 0 Å². The van der Waals surface area contributed by atoms with Gasteiger partial charge in [0, 0.05) is 105 Å². The number of halogens is 1. The summed E-state index contributed by atoms with van der Waals surface area (Å²) in [6.07, 6.45) is 4.47. The molecule has 0 bridgehead atoms. The first-order chi connectivity index (χ1) is 28.0. The van der Waals surface area contributed by atoms with Crippen molar-refractivity contribution in [3.05, 3.63) is 93.8 Å². The summed E-state index contributed by atoms with van der Waals surface area (Å²) in [5.41, 5.74) is 5.12. The lowest BCUT2D eigenvalue weighted by molar-refractivity contribution is -0.136. The van der Waals surface area contributed by atoms with Gasteiger partial charge in [-0.25, -0.2) is 4.85 Å². The molecule has 0 aliphatic carbocycles. The Hall–Kier alpha value is -5.45. The summed E-state index contributed by atoms with van der Waals surface area (Å²) in [4.78, 5) is 80.3. The summed E-state index contributed by atoms with van der Waals surface area (Å²) in [5.74, 6) is -1.95. The van der Waals surface area contributed by atoms with Gasteiger partial charge in [-0.1, -0.05) is 17.7 Å². The summed E-state index contributed by atoms with van der Waals surface area (Å²) in [6.45, 7) is 17.0. The molecule has 1 spiro atoms. The van der Waals surface area contributed by atoms with E-state index in [9.17, 15) is 24.0 Å². The first-order valence-corrected chi connectivity index (χ1v) is 20.8. The highest BCUT2D eigenvalue weighted by molar-refractivity contribution is 6.33. The van der Waals surface area contributed by atoms with Gasteiger partial charge in [0.15, 0.2) is 0 Å². The van der Waals surface area contributed by atoms with Crippen LogP contribution in [0.15, 0.2) is 60.7 Å². The molecule has 5 amide bonds. The summed E-state index contributed by atoms with van der Waals surface area (Å²) in [5, 5.41) is 2.75. The van der Waals surface area contributed by atoms with Crippen molar-refractivity contribution in [2.24, 2.45) is 5.41 Å². The van der Waals surface area contributed by atoms with Crippen molar-refractivity contribution in [3.63, 3.8) is 0 Å². The second-order valence-corrected chi connectivity index (χ2v) is 17.3. The third kappa shape index (κ3) is 6.86. The Labute approximate surface area is 343 Å².